The van der Waals surface area contributed by atoms with Gasteiger partial charge in [-0.3, -0.25) is 5.32 Å². The van der Waals surface area contributed by atoms with Crippen LogP contribution in [0.2, 0.25) is 0 Å². The number of fused-ring (bicyclic) bond motifs is 1. The molecule has 0 aliphatic carbocycles. The largest absolute Gasteiger partial charge is 0.311 e. The lowest BCUT2D eigenvalue weighted by Crippen LogP contribution is -2.41. The molecule has 0 unspecified atom stereocenters. The van der Waals surface area contributed by atoms with Crippen molar-refractivity contribution in [1.29, 1.82) is 0 Å². The number of halogens is 1. The molecule has 0 spiro atoms. The molecule has 1 aliphatic rings. The Morgan fingerprint density at radius 3 is 2.45 bits per heavy atom. The SMILES string of the molecule is Cc1cc(C)nc(N/C(=N/S(=O)(=O)c2ccc(Br)cc2)N2CCCc3ccccc32)n1. The molecule has 1 aromatic heterocycles. The number of anilines is 2. The highest BCUT2D eigenvalue weighted by atomic mass is 79.9. The molecule has 9 heteroatoms. The van der Waals surface area contributed by atoms with Crippen molar-refractivity contribution in [1.82, 2.24) is 9.97 Å². The summed E-state index contributed by atoms with van der Waals surface area (Å²) in [6.07, 6.45) is 1.81. The van der Waals surface area contributed by atoms with Crippen molar-refractivity contribution in [2.75, 3.05) is 16.8 Å². The van der Waals surface area contributed by atoms with Crippen molar-refractivity contribution >= 4 is 43.5 Å². The van der Waals surface area contributed by atoms with E-state index in [2.05, 4.69) is 41.7 Å². The van der Waals surface area contributed by atoms with E-state index >= 15 is 0 Å². The third-order valence-corrected chi connectivity index (χ3v) is 6.70. The number of nitrogens with one attached hydrogen (secondary N) is 1. The molecule has 0 atom stereocenters. The molecular formula is C22H22BrN5O2S. The number of para-hydroxylation sites is 1. The average molecular weight is 500 g/mol. The van der Waals surface area contributed by atoms with E-state index in [1.165, 1.54) is 12.1 Å². The van der Waals surface area contributed by atoms with E-state index in [4.69, 9.17) is 0 Å². The number of guanidine groups is 1. The molecule has 0 bridgehead atoms. The maximum Gasteiger partial charge on any atom is 0.285 e. The van der Waals surface area contributed by atoms with Crippen LogP contribution in [0, 0.1) is 13.8 Å². The number of nitrogens with zero attached hydrogens (tertiary/aromatic N) is 4. The predicted octanol–water partition coefficient (Wildman–Crippen LogP) is 4.47. The first kappa shape index (κ1) is 21.5. The lowest BCUT2D eigenvalue weighted by Gasteiger charge is -2.31. The summed E-state index contributed by atoms with van der Waals surface area (Å²) >= 11 is 3.33. The van der Waals surface area contributed by atoms with Crippen LogP contribution in [0.1, 0.15) is 23.4 Å². The van der Waals surface area contributed by atoms with Gasteiger partial charge in [-0.1, -0.05) is 34.1 Å². The Labute approximate surface area is 190 Å². The molecule has 0 amide bonds. The minimum Gasteiger partial charge on any atom is -0.311 e. The van der Waals surface area contributed by atoms with Gasteiger partial charge in [0.15, 0.2) is 0 Å². The molecule has 2 heterocycles. The van der Waals surface area contributed by atoms with Gasteiger partial charge in [-0.25, -0.2) is 9.97 Å². The minimum atomic E-state index is -3.96. The number of aryl methyl sites for hydroxylation is 3. The standard InChI is InChI=1S/C22H22BrN5O2S/c1-15-14-16(2)25-21(24-15)26-22(27-31(29,30)19-11-9-18(23)10-12-19)28-13-5-7-17-6-3-4-8-20(17)28/h3-4,6,8-12,14H,5,7,13H2,1-2H3,(H,24,25,26,27). The lowest BCUT2D eigenvalue weighted by molar-refractivity contribution is 0.597. The molecule has 0 radical (unpaired) electrons. The average Bonchev–Trinajstić information content (AvgIpc) is 2.72. The molecule has 0 saturated heterocycles. The van der Waals surface area contributed by atoms with Gasteiger partial charge in [-0.15, -0.1) is 4.40 Å². The summed E-state index contributed by atoms with van der Waals surface area (Å²) in [6.45, 7) is 4.36. The molecule has 0 fully saturated rings. The van der Waals surface area contributed by atoms with E-state index in [0.29, 0.717) is 12.5 Å². The first-order valence-electron chi connectivity index (χ1n) is 9.87. The van der Waals surface area contributed by atoms with Crippen LogP contribution in [0.3, 0.4) is 0 Å². The smallest absolute Gasteiger partial charge is 0.285 e. The van der Waals surface area contributed by atoms with Crippen LogP contribution in [0.25, 0.3) is 0 Å². The summed E-state index contributed by atoms with van der Waals surface area (Å²) in [6, 6.07) is 16.2. The Bertz CT molecular complexity index is 1220. The van der Waals surface area contributed by atoms with Gasteiger partial charge < -0.3 is 4.90 Å². The van der Waals surface area contributed by atoms with Gasteiger partial charge in [0, 0.05) is 28.1 Å². The lowest BCUT2D eigenvalue weighted by atomic mass is 10.0. The van der Waals surface area contributed by atoms with Crippen molar-refractivity contribution in [2.24, 2.45) is 4.40 Å². The molecule has 160 valence electrons. The van der Waals surface area contributed by atoms with Gasteiger partial charge in [0.05, 0.1) is 4.90 Å². The molecule has 0 saturated carbocycles. The third kappa shape index (κ3) is 4.94. The van der Waals surface area contributed by atoms with Crippen LogP contribution in [0.4, 0.5) is 11.6 Å². The van der Waals surface area contributed by atoms with E-state index < -0.39 is 10.0 Å². The summed E-state index contributed by atoms with van der Waals surface area (Å²) in [5.74, 6) is 0.491. The van der Waals surface area contributed by atoms with Crippen molar-refractivity contribution in [3.63, 3.8) is 0 Å². The maximum absolute atomic E-state index is 13.1. The summed E-state index contributed by atoms with van der Waals surface area (Å²) < 4.78 is 31.2. The predicted molar refractivity (Wildman–Crippen MR) is 126 cm³/mol. The van der Waals surface area contributed by atoms with Crippen molar-refractivity contribution in [2.45, 2.75) is 31.6 Å². The van der Waals surface area contributed by atoms with Crippen LogP contribution in [0.15, 0.2) is 68.4 Å². The second kappa shape index (κ2) is 8.76. The zero-order chi connectivity index (χ0) is 22.0. The van der Waals surface area contributed by atoms with Gasteiger partial charge in [-0.2, -0.15) is 8.42 Å². The first-order valence-corrected chi connectivity index (χ1v) is 12.1. The Balaban J connectivity index is 1.81. The van der Waals surface area contributed by atoms with Gasteiger partial charge in [0.25, 0.3) is 10.0 Å². The van der Waals surface area contributed by atoms with Crippen LogP contribution in [-0.2, 0) is 16.4 Å². The monoisotopic (exact) mass is 499 g/mol. The number of hydrogen-bond acceptors (Lipinski definition) is 4. The number of sulfonamides is 1. The Hall–Kier alpha value is -2.78. The van der Waals surface area contributed by atoms with Crippen LogP contribution < -0.4 is 10.2 Å². The number of aromatic nitrogens is 2. The zero-order valence-corrected chi connectivity index (χ0v) is 19.6. The molecule has 2 aromatic carbocycles. The highest BCUT2D eigenvalue weighted by Gasteiger charge is 2.25. The van der Waals surface area contributed by atoms with E-state index in [0.717, 1.165) is 40.0 Å². The van der Waals surface area contributed by atoms with Gasteiger partial charge in [-0.05, 0) is 68.7 Å². The van der Waals surface area contributed by atoms with Crippen LogP contribution >= 0.6 is 15.9 Å². The summed E-state index contributed by atoms with van der Waals surface area (Å²) in [5, 5.41) is 3.07. The third-order valence-electron chi connectivity index (χ3n) is 4.89. The molecular weight excluding hydrogens is 478 g/mol. The Morgan fingerprint density at radius 2 is 1.74 bits per heavy atom. The number of hydrogen-bond donors (Lipinski definition) is 1. The van der Waals surface area contributed by atoms with Gasteiger partial charge >= 0.3 is 0 Å². The molecule has 1 aliphatic heterocycles. The first-order chi connectivity index (χ1) is 14.8. The zero-order valence-electron chi connectivity index (χ0n) is 17.2. The van der Waals surface area contributed by atoms with E-state index in [1.54, 1.807) is 12.1 Å². The fourth-order valence-corrected chi connectivity index (χ4v) is 4.77. The fourth-order valence-electron chi connectivity index (χ4n) is 3.55. The molecule has 31 heavy (non-hydrogen) atoms. The second-order valence-electron chi connectivity index (χ2n) is 7.33. The highest BCUT2D eigenvalue weighted by Crippen LogP contribution is 2.28. The van der Waals surface area contributed by atoms with E-state index in [-0.39, 0.29) is 10.9 Å². The van der Waals surface area contributed by atoms with Crippen molar-refractivity contribution in [3.05, 3.63) is 76.0 Å². The van der Waals surface area contributed by atoms with E-state index in [1.807, 2.05) is 43.0 Å². The molecule has 4 rings (SSSR count). The Morgan fingerprint density at radius 1 is 1.06 bits per heavy atom. The molecule has 3 aromatic rings. The number of rotatable bonds is 3. The van der Waals surface area contributed by atoms with Gasteiger partial charge in [0.1, 0.15) is 0 Å². The minimum absolute atomic E-state index is 0.113. The maximum atomic E-state index is 13.1. The molecule has 1 N–H and O–H groups in total. The Kier molecular flexibility index (Phi) is 6.06. The molecule has 7 nitrogen and oxygen atoms in total. The van der Waals surface area contributed by atoms with Crippen molar-refractivity contribution < 1.29 is 8.42 Å². The van der Waals surface area contributed by atoms with Crippen molar-refractivity contribution in [3.8, 4) is 0 Å². The summed E-state index contributed by atoms with van der Waals surface area (Å²) in [4.78, 5) is 10.8. The van der Waals surface area contributed by atoms with E-state index in [9.17, 15) is 8.42 Å². The van der Waals surface area contributed by atoms with Gasteiger partial charge in [0.2, 0.25) is 11.9 Å². The topological polar surface area (TPSA) is 87.5 Å². The highest BCUT2D eigenvalue weighted by molar-refractivity contribution is 9.10. The second-order valence-corrected chi connectivity index (χ2v) is 9.85. The number of benzene rings is 2. The normalized spacial score (nSPS) is 14.3. The quantitative estimate of drug-likeness (QED) is 0.422. The summed E-state index contributed by atoms with van der Waals surface area (Å²) in [5.41, 5.74) is 3.63. The van der Waals surface area contributed by atoms with Crippen LogP contribution in [-0.4, -0.2) is 30.9 Å². The summed E-state index contributed by atoms with van der Waals surface area (Å²) in [7, 11) is -3.96. The fraction of sp³-hybridized carbons (Fsp3) is 0.227. The van der Waals surface area contributed by atoms with Crippen LogP contribution in [0.5, 0.6) is 0 Å².